The van der Waals surface area contributed by atoms with Gasteiger partial charge in [0.15, 0.2) is 0 Å². The summed E-state index contributed by atoms with van der Waals surface area (Å²) >= 11 is 0. The Bertz CT molecular complexity index is 543. The van der Waals surface area contributed by atoms with E-state index in [1.165, 1.54) is 0 Å². The number of benzene rings is 2. The Balaban J connectivity index is 2.65. The average molecular weight is 229 g/mol. The zero-order valence-electron chi connectivity index (χ0n) is 9.92. The van der Waals surface area contributed by atoms with Gasteiger partial charge < -0.3 is 5.11 Å². The molecule has 3 nitrogen and oxygen atoms in total. The third-order valence-corrected chi connectivity index (χ3v) is 2.87. The van der Waals surface area contributed by atoms with Gasteiger partial charge in [-0.2, -0.15) is 0 Å². The highest BCUT2D eigenvalue weighted by atomic mass is 16.4. The monoisotopic (exact) mass is 229 g/mol. The molecule has 2 aromatic carbocycles. The molecule has 17 heavy (non-hydrogen) atoms. The zero-order valence-corrected chi connectivity index (χ0v) is 9.92. The molecule has 0 heterocycles. The molecular formula is C14H15NO2. The van der Waals surface area contributed by atoms with Crippen LogP contribution in [0.3, 0.4) is 0 Å². The molecule has 0 radical (unpaired) electrons. The van der Waals surface area contributed by atoms with Gasteiger partial charge in [0.2, 0.25) is 0 Å². The van der Waals surface area contributed by atoms with Gasteiger partial charge in [-0.1, -0.05) is 42.5 Å². The molecule has 0 fully saturated rings. The first-order valence-corrected chi connectivity index (χ1v) is 5.48. The lowest BCUT2D eigenvalue weighted by Crippen LogP contribution is -2.27. The van der Waals surface area contributed by atoms with Crippen LogP contribution in [0.1, 0.15) is 11.6 Å². The summed E-state index contributed by atoms with van der Waals surface area (Å²) < 4.78 is 0. The van der Waals surface area contributed by atoms with E-state index in [1.807, 2.05) is 42.5 Å². The molecule has 2 aromatic rings. The van der Waals surface area contributed by atoms with Crippen molar-refractivity contribution < 1.29 is 9.90 Å². The molecule has 2 rings (SSSR count). The third-order valence-electron chi connectivity index (χ3n) is 2.87. The van der Waals surface area contributed by atoms with Crippen molar-refractivity contribution in [2.24, 2.45) is 0 Å². The van der Waals surface area contributed by atoms with E-state index in [9.17, 15) is 9.90 Å². The number of likely N-dealkylation sites (N-methyl/N-ethyl adjacent to an activating group) is 1. The summed E-state index contributed by atoms with van der Waals surface area (Å²) in [6.07, 6.45) is 0. The number of nitrogens with zero attached hydrogens (tertiary/aromatic N) is 1. The lowest BCUT2D eigenvalue weighted by atomic mass is 9.98. The second-order valence-corrected chi connectivity index (χ2v) is 4.27. The van der Waals surface area contributed by atoms with Crippen molar-refractivity contribution >= 4 is 16.7 Å². The molecule has 0 aliphatic heterocycles. The number of hydrogen-bond acceptors (Lipinski definition) is 2. The first-order chi connectivity index (χ1) is 8.11. The van der Waals surface area contributed by atoms with E-state index >= 15 is 0 Å². The normalized spacial score (nSPS) is 12.9. The van der Waals surface area contributed by atoms with Crippen molar-refractivity contribution in [1.29, 1.82) is 0 Å². The summed E-state index contributed by atoms with van der Waals surface area (Å²) in [5.41, 5.74) is 0.834. The lowest BCUT2D eigenvalue weighted by Gasteiger charge is -2.21. The molecule has 0 amide bonds. The molecule has 3 heteroatoms. The van der Waals surface area contributed by atoms with Gasteiger partial charge in [-0.15, -0.1) is 0 Å². The van der Waals surface area contributed by atoms with E-state index in [1.54, 1.807) is 19.0 Å². The fourth-order valence-corrected chi connectivity index (χ4v) is 2.12. The van der Waals surface area contributed by atoms with Crippen molar-refractivity contribution in [2.45, 2.75) is 6.04 Å². The Hall–Kier alpha value is -1.87. The smallest absolute Gasteiger partial charge is 0.325 e. The maximum atomic E-state index is 11.3. The second-order valence-electron chi connectivity index (χ2n) is 4.27. The summed E-state index contributed by atoms with van der Waals surface area (Å²) in [4.78, 5) is 13.1. The van der Waals surface area contributed by atoms with Gasteiger partial charge in [-0.3, -0.25) is 9.69 Å². The van der Waals surface area contributed by atoms with Crippen molar-refractivity contribution in [3.63, 3.8) is 0 Å². The molecule has 0 aromatic heterocycles. The highest BCUT2D eigenvalue weighted by Gasteiger charge is 2.23. The van der Waals surface area contributed by atoms with Crippen LogP contribution in [-0.4, -0.2) is 30.1 Å². The molecule has 0 saturated carbocycles. The lowest BCUT2D eigenvalue weighted by molar-refractivity contribution is -0.142. The van der Waals surface area contributed by atoms with Gasteiger partial charge in [0.05, 0.1) is 0 Å². The molecule has 0 saturated heterocycles. The van der Waals surface area contributed by atoms with Gasteiger partial charge in [0.25, 0.3) is 0 Å². The van der Waals surface area contributed by atoms with E-state index < -0.39 is 12.0 Å². The van der Waals surface area contributed by atoms with Crippen LogP contribution in [0, 0.1) is 0 Å². The Labute approximate surface area is 100 Å². The van der Waals surface area contributed by atoms with Gasteiger partial charge >= 0.3 is 5.97 Å². The van der Waals surface area contributed by atoms with Gasteiger partial charge in [0, 0.05) is 0 Å². The van der Waals surface area contributed by atoms with Crippen LogP contribution in [0.4, 0.5) is 0 Å². The molecule has 0 bridgehead atoms. The van der Waals surface area contributed by atoms with Crippen LogP contribution < -0.4 is 0 Å². The predicted octanol–water partition coefficient (Wildman–Crippen LogP) is 2.53. The van der Waals surface area contributed by atoms with E-state index in [-0.39, 0.29) is 0 Å². The summed E-state index contributed by atoms with van der Waals surface area (Å²) in [6, 6.07) is 13.0. The number of carboxylic acids is 1. The van der Waals surface area contributed by atoms with Crippen LogP contribution in [-0.2, 0) is 4.79 Å². The van der Waals surface area contributed by atoms with Crippen LogP contribution in [0.2, 0.25) is 0 Å². The van der Waals surface area contributed by atoms with Crippen LogP contribution in [0.15, 0.2) is 42.5 Å². The average Bonchev–Trinajstić information content (AvgIpc) is 2.28. The molecule has 1 N–H and O–H groups in total. The minimum Gasteiger partial charge on any atom is -0.480 e. The largest absolute Gasteiger partial charge is 0.480 e. The topological polar surface area (TPSA) is 40.5 Å². The first kappa shape index (κ1) is 11.6. The number of rotatable bonds is 3. The van der Waals surface area contributed by atoms with Crippen LogP contribution in [0.25, 0.3) is 10.8 Å². The Morgan fingerprint density at radius 3 is 2.41 bits per heavy atom. The molecule has 88 valence electrons. The van der Waals surface area contributed by atoms with Crippen molar-refractivity contribution in [3.05, 3.63) is 48.0 Å². The first-order valence-electron chi connectivity index (χ1n) is 5.48. The van der Waals surface area contributed by atoms with Crippen molar-refractivity contribution in [1.82, 2.24) is 4.90 Å². The predicted molar refractivity (Wildman–Crippen MR) is 68.0 cm³/mol. The maximum absolute atomic E-state index is 11.3. The third kappa shape index (κ3) is 2.15. The molecule has 1 atom stereocenters. The highest BCUT2D eigenvalue weighted by Crippen LogP contribution is 2.27. The SMILES string of the molecule is CN(C)[C@@H](C(=O)O)c1cccc2ccccc12. The van der Waals surface area contributed by atoms with E-state index in [0.29, 0.717) is 0 Å². The number of carbonyl (C=O) groups is 1. The van der Waals surface area contributed by atoms with Crippen molar-refractivity contribution in [2.75, 3.05) is 14.1 Å². The number of carboxylic acid groups (broad SMARTS) is 1. The fraction of sp³-hybridized carbons (Fsp3) is 0.214. The maximum Gasteiger partial charge on any atom is 0.325 e. The Morgan fingerprint density at radius 1 is 1.12 bits per heavy atom. The van der Waals surface area contributed by atoms with Gasteiger partial charge in [-0.05, 0) is 30.4 Å². The van der Waals surface area contributed by atoms with Gasteiger partial charge in [-0.25, -0.2) is 0 Å². The Kier molecular flexibility index (Phi) is 3.11. The fourth-order valence-electron chi connectivity index (χ4n) is 2.12. The molecule has 0 aliphatic rings. The standard InChI is InChI=1S/C14H15NO2/c1-15(2)13(14(16)17)12-9-5-7-10-6-3-4-8-11(10)12/h3-9,13H,1-2H3,(H,16,17)/t13-/m1/s1. The second kappa shape index (κ2) is 4.55. The van der Waals surface area contributed by atoms with Gasteiger partial charge in [0.1, 0.15) is 6.04 Å². The molecular weight excluding hydrogens is 214 g/mol. The molecule has 0 aliphatic carbocycles. The van der Waals surface area contributed by atoms with E-state index in [0.717, 1.165) is 16.3 Å². The molecule has 0 spiro atoms. The summed E-state index contributed by atoms with van der Waals surface area (Å²) in [5.74, 6) is -0.827. The molecule has 0 unspecified atom stereocenters. The minimum atomic E-state index is -0.827. The van der Waals surface area contributed by atoms with Crippen molar-refractivity contribution in [3.8, 4) is 0 Å². The zero-order chi connectivity index (χ0) is 12.4. The number of hydrogen-bond donors (Lipinski definition) is 1. The summed E-state index contributed by atoms with van der Waals surface area (Å²) in [6.45, 7) is 0. The summed E-state index contributed by atoms with van der Waals surface area (Å²) in [7, 11) is 3.56. The summed E-state index contributed by atoms with van der Waals surface area (Å²) in [5, 5.41) is 11.4. The Morgan fingerprint density at radius 2 is 1.76 bits per heavy atom. The van der Waals surface area contributed by atoms with E-state index in [2.05, 4.69) is 0 Å². The number of aliphatic carboxylic acids is 1. The van der Waals surface area contributed by atoms with E-state index in [4.69, 9.17) is 0 Å². The van der Waals surface area contributed by atoms with Crippen LogP contribution in [0.5, 0.6) is 0 Å². The van der Waals surface area contributed by atoms with Crippen LogP contribution >= 0.6 is 0 Å². The minimum absolute atomic E-state index is 0.610. The quantitative estimate of drug-likeness (QED) is 0.879. The number of fused-ring (bicyclic) bond motifs is 1. The highest BCUT2D eigenvalue weighted by molar-refractivity contribution is 5.90.